The van der Waals surface area contributed by atoms with E-state index in [9.17, 15) is 9.59 Å². The van der Waals surface area contributed by atoms with Crippen molar-refractivity contribution in [2.45, 2.75) is 40.3 Å². The fraction of sp³-hybridized carbons (Fsp3) is 0.389. The van der Waals surface area contributed by atoms with Gasteiger partial charge in [-0.15, -0.1) is 10.2 Å². The molecule has 26 heavy (non-hydrogen) atoms. The maximum absolute atomic E-state index is 12.8. The maximum Gasteiger partial charge on any atom is 0.272 e. The molecule has 0 saturated carbocycles. The Balaban J connectivity index is 1.87. The van der Waals surface area contributed by atoms with Crippen LogP contribution in [0.2, 0.25) is 0 Å². The summed E-state index contributed by atoms with van der Waals surface area (Å²) in [5, 5.41) is 7.87. The van der Waals surface area contributed by atoms with Crippen LogP contribution in [-0.4, -0.2) is 37.1 Å². The van der Waals surface area contributed by atoms with Crippen LogP contribution in [0.25, 0.3) is 11.0 Å². The minimum atomic E-state index is -0.265. The predicted octanol–water partition coefficient (Wildman–Crippen LogP) is 1.70. The lowest BCUT2D eigenvalue weighted by Crippen LogP contribution is -2.37. The molecule has 0 N–H and O–H groups in total. The molecule has 3 aromatic rings. The molecule has 8 heteroatoms. The van der Waals surface area contributed by atoms with Gasteiger partial charge in [0.05, 0.1) is 17.6 Å². The Labute approximate surface area is 150 Å². The fourth-order valence-corrected chi connectivity index (χ4v) is 2.75. The number of nitrogens with zero attached hydrogens (tertiary/aromatic N) is 5. The number of fused-ring (bicyclic) bond motifs is 1. The van der Waals surface area contributed by atoms with Crippen molar-refractivity contribution in [2.75, 3.05) is 6.54 Å². The van der Waals surface area contributed by atoms with Crippen LogP contribution in [0.15, 0.2) is 33.5 Å². The van der Waals surface area contributed by atoms with Crippen LogP contribution in [0.4, 0.5) is 0 Å². The number of aryl methyl sites for hydroxylation is 2. The number of benzene rings is 1. The Kier molecular flexibility index (Phi) is 5.11. The molecule has 1 amide bonds. The van der Waals surface area contributed by atoms with Crippen molar-refractivity contribution in [3.8, 4) is 0 Å². The van der Waals surface area contributed by atoms with Crippen LogP contribution >= 0.6 is 0 Å². The van der Waals surface area contributed by atoms with E-state index in [4.69, 9.17) is 4.42 Å². The Bertz CT molecular complexity index is 992. The SMILES string of the molecule is CCc1nnc(CN(CC)C(=O)Cn2c(=O)c(C)nc3ccccc32)o1. The van der Waals surface area contributed by atoms with Crippen LogP contribution < -0.4 is 5.56 Å². The van der Waals surface area contributed by atoms with Crippen LogP contribution in [0.1, 0.15) is 31.3 Å². The summed E-state index contributed by atoms with van der Waals surface area (Å²) in [6, 6.07) is 7.29. The van der Waals surface area contributed by atoms with Gasteiger partial charge in [0.15, 0.2) is 0 Å². The zero-order chi connectivity index (χ0) is 18.7. The molecule has 0 aliphatic heterocycles. The average Bonchev–Trinajstić information content (AvgIpc) is 3.11. The lowest BCUT2D eigenvalue weighted by Gasteiger charge is -2.20. The average molecular weight is 355 g/mol. The second kappa shape index (κ2) is 7.47. The van der Waals surface area contributed by atoms with E-state index in [-0.39, 0.29) is 24.6 Å². The van der Waals surface area contributed by atoms with Gasteiger partial charge < -0.3 is 9.32 Å². The standard InChI is InChI=1S/C18H21N5O3/c1-4-15-20-21-16(26-15)10-22(5-2)17(24)11-23-14-9-7-6-8-13(14)19-12(3)18(23)25/h6-9H,4-5,10-11H2,1-3H3. The van der Waals surface area contributed by atoms with E-state index in [1.165, 1.54) is 4.57 Å². The molecule has 0 bridgehead atoms. The molecular formula is C18H21N5O3. The van der Waals surface area contributed by atoms with Crippen LogP contribution in [0, 0.1) is 6.92 Å². The van der Waals surface area contributed by atoms with E-state index in [1.807, 2.05) is 32.0 Å². The molecular weight excluding hydrogens is 334 g/mol. The summed E-state index contributed by atoms with van der Waals surface area (Å²) >= 11 is 0. The largest absolute Gasteiger partial charge is 0.423 e. The Hall–Kier alpha value is -3.03. The summed E-state index contributed by atoms with van der Waals surface area (Å²) in [5.41, 5.74) is 1.42. The molecule has 0 spiro atoms. The van der Waals surface area contributed by atoms with E-state index in [0.29, 0.717) is 41.5 Å². The Morgan fingerprint density at radius 2 is 1.92 bits per heavy atom. The summed E-state index contributed by atoms with van der Waals surface area (Å²) in [6.45, 7) is 6.07. The van der Waals surface area contributed by atoms with Crippen LogP contribution in [-0.2, 0) is 24.3 Å². The molecule has 0 fully saturated rings. The van der Waals surface area contributed by atoms with Crippen molar-refractivity contribution in [1.29, 1.82) is 0 Å². The topological polar surface area (TPSA) is 94.1 Å². The third-order valence-corrected chi connectivity index (χ3v) is 4.18. The predicted molar refractivity (Wildman–Crippen MR) is 95.5 cm³/mol. The smallest absolute Gasteiger partial charge is 0.272 e. The molecule has 0 aliphatic carbocycles. The Morgan fingerprint density at radius 1 is 1.19 bits per heavy atom. The highest BCUT2D eigenvalue weighted by Crippen LogP contribution is 2.11. The lowest BCUT2D eigenvalue weighted by atomic mass is 10.2. The molecule has 1 aromatic carbocycles. The van der Waals surface area contributed by atoms with Crippen LogP contribution in [0.3, 0.4) is 0 Å². The number of hydrogen-bond acceptors (Lipinski definition) is 6. The third-order valence-electron chi connectivity index (χ3n) is 4.18. The molecule has 0 radical (unpaired) electrons. The number of hydrogen-bond donors (Lipinski definition) is 0. The minimum absolute atomic E-state index is 0.0642. The molecule has 8 nitrogen and oxygen atoms in total. The minimum Gasteiger partial charge on any atom is -0.423 e. The summed E-state index contributed by atoms with van der Waals surface area (Å²) < 4.78 is 6.95. The number of carbonyl (C=O) groups excluding carboxylic acids is 1. The third kappa shape index (κ3) is 3.49. The number of rotatable bonds is 6. The Morgan fingerprint density at radius 3 is 2.62 bits per heavy atom. The number of aromatic nitrogens is 4. The van der Waals surface area contributed by atoms with Crippen LogP contribution in [0.5, 0.6) is 0 Å². The highest BCUT2D eigenvalue weighted by molar-refractivity contribution is 5.80. The van der Waals surface area contributed by atoms with Crippen molar-refractivity contribution in [2.24, 2.45) is 0 Å². The van der Waals surface area contributed by atoms with Gasteiger partial charge in [-0.05, 0) is 26.0 Å². The molecule has 0 atom stereocenters. The van der Waals surface area contributed by atoms with Gasteiger partial charge in [0.2, 0.25) is 17.7 Å². The normalized spacial score (nSPS) is 11.0. The van der Waals surface area contributed by atoms with Gasteiger partial charge in [-0.25, -0.2) is 4.98 Å². The van der Waals surface area contributed by atoms with Gasteiger partial charge in [-0.3, -0.25) is 14.2 Å². The van der Waals surface area contributed by atoms with E-state index < -0.39 is 0 Å². The first-order valence-electron chi connectivity index (χ1n) is 8.58. The molecule has 2 aromatic heterocycles. The van der Waals surface area contributed by atoms with Gasteiger partial charge in [0, 0.05) is 13.0 Å². The van der Waals surface area contributed by atoms with Crippen molar-refractivity contribution in [1.82, 2.24) is 24.6 Å². The monoisotopic (exact) mass is 355 g/mol. The van der Waals surface area contributed by atoms with Gasteiger partial charge in [0.25, 0.3) is 5.56 Å². The van der Waals surface area contributed by atoms with E-state index in [0.717, 1.165) is 0 Å². The summed E-state index contributed by atoms with van der Waals surface area (Å²) in [4.78, 5) is 31.2. The first-order valence-corrected chi connectivity index (χ1v) is 8.58. The van der Waals surface area contributed by atoms with E-state index in [1.54, 1.807) is 17.9 Å². The molecule has 0 aliphatic rings. The molecule has 2 heterocycles. The lowest BCUT2D eigenvalue weighted by molar-refractivity contribution is -0.132. The number of amides is 1. The summed E-state index contributed by atoms with van der Waals surface area (Å²) in [6.07, 6.45) is 0.644. The fourth-order valence-electron chi connectivity index (χ4n) is 2.75. The number of carbonyl (C=O) groups is 1. The second-order valence-corrected chi connectivity index (χ2v) is 5.93. The van der Waals surface area contributed by atoms with Gasteiger partial charge in [0.1, 0.15) is 12.2 Å². The highest BCUT2D eigenvalue weighted by Gasteiger charge is 2.18. The zero-order valence-corrected chi connectivity index (χ0v) is 15.1. The van der Waals surface area contributed by atoms with Gasteiger partial charge in [-0.1, -0.05) is 19.1 Å². The summed E-state index contributed by atoms with van der Waals surface area (Å²) in [5.74, 6) is 0.734. The molecule has 136 valence electrons. The number of para-hydroxylation sites is 2. The highest BCUT2D eigenvalue weighted by atomic mass is 16.4. The van der Waals surface area contributed by atoms with Crippen molar-refractivity contribution < 1.29 is 9.21 Å². The number of likely N-dealkylation sites (N-methyl/N-ethyl adjacent to an activating group) is 1. The second-order valence-electron chi connectivity index (χ2n) is 5.93. The van der Waals surface area contributed by atoms with Gasteiger partial charge >= 0.3 is 0 Å². The maximum atomic E-state index is 12.8. The zero-order valence-electron chi connectivity index (χ0n) is 15.1. The molecule has 0 unspecified atom stereocenters. The van der Waals surface area contributed by atoms with E-state index >= 15 is 0 Å². The quantitative estimate of drug-likeness (QED) is 0.668. The van der Waals surface area contributed by atoms with Crippen molar-refractivity contribution >= 4 is 16.9 Å². The van der Waals surface area contributed by atoms with Crippen molar-refractivity contribution in [3.63, 3.8) is 0 Å². The van der Waals surface area contributed by atoms with Gasteiger partial charge in [-0.2, -0.15) is 0 Å². The molecule has 3 rings (SSSR count). The first kappa shape index (κ1) is 17.8. The van der Waals surface area contributed by atoms with E-state index in [2.05, 4.69) is 15.2 Å². The molecule has 0 saturated heterocycles. The summed E-state index contributed by atoms with van der Waals surface area (Å²) in [7, 11) is 0. The first-order chi connectivity index (χ1) is 12.5. The van der Waals surface area contributed by atoms with Crippen molar-refractivity contribution in [3.05, 3.63) is 52.1 Å².